The molecule has 1 unspecified atom stereocenters. The Balaban J connectivity index is 2.08. The summed E-state index contributed by atoms with van der Waals surface area (Å²) >= 11 is 0. The first-order valence-corrected chi connectivity index (χ1v) is 7.32. The Morgan fingerprint density at radius 3 is 2.70 bits per heavy atom. The quantitative estimate of drug-likeness (QED) is 0.868. The van der Waals surface area contributed by atoms with Gasteiger partial charge in [0.1, 0.15) is 5.75 Å². The molecule has 1 amide bonds. The molecule has 0 spiro atoms. The highest BCUT2D eigenvalue weighted by molar-refractivity contribution is 5.78. The summed E-state index contributed by atoms with van der Waals surface area (Å²) in [7, 11) is 0. The van der Waals surface area contributed by atoms with Crippen LogP contribution in [0.15, 0.2) is 24.3 Å². The number of nitrogens with two attached hydrogens (primary N) is 1. The van der Waals surface area contributed by atoms with Crippen LogP contribution < -0.4 is 5.73 Å². The molecule has 3 N–H and O–H groups in total. The molecule has 110 valence electrons. The van der Waals surface area contributed by atoms with Crippen LogP contribution in [0.3, 0.4) is 0 Å². The molecule has 1 aliphatic carbocycles. The predicted molar refractivity (Wildman–Crippen MR) is 79.3 cm³/mol. The summed E-state index contributed by atoms with van der Waals surface area (Å²) in [5.74, 6) is 0.331. The van der Waals surface area contributed by atoms with E-state index in [1.54, 1.807) is 18.2 Å². The summed E-state index contributed by atoms with van der Waals surface area (Å²) in [6, 6.07) is 7.03. The number of hydrogen-bond donors (Lipinski definition) is 2. The average molecular weight is 276 g/mol. The first-order chi connectivity index (χ1) is 9.45. The molecule has 0 saturated heterocycles. The van der Waals surface area contributed by atoms with Crippen molar-refractivity contribution in [3.63, 3.8) is 0 Å². The van der Waals surface area contributed by atoms with Gasteiger partial charge < -0.3 is 15.7 Å². The van der Waals surface area contributed by atoms with E-state index < -0.39 is 0 Å². The number of aromatic hydroxyl groups is 1. The molecule has 1 aromatic rings. The van der Waals surface area contributed by atoms with Gasteiger partial charge in [0.2, 0.25) is 5.91 Å². The smallest absolute Gasteiger partial charge is 0.224 e. The Hall–Kier alpha value is -1.55. The molecule has 0 aliphatic heterocycles. The molecule has 0 heterocycles. The van der Waals surface area contributed by atoms with Gasteiger partial charge in [-0.25, -0.2) is 0 Å². The molecule has 4 heteroatoms. The Morgan fingerprint density at radius 2 is 2.20 bits per heavy atom. The van der Waals surface area contributed by atoms with Gasteiger partial charge in [0.15, 0.2) is 0 Å². The molecule has 0 radical (unpaired) electrons. The van der Waals surface area contributed by atoms with Crippen LogP contribution in [-0.4, -0.2) is 28.0 Å². The number of amides is 1. The third kappa shape index (κ3) is 3.12. The molecule has 1 aromatic carbocycles. The van der Waals surface area contributed by atoms with Gasteiger partial charge in [-0.2, -0.15) is 0 Å². The lowest BCUT2D eigenvalue weighted by Crippen LogP contribution is -2.50. The topological polar surface area (TPSA) is 66.6 Å². The molecule has 0 bridgehead atoms. The number of rotatable bonds is 5. The molecule has 1 atom stereocenters. The van der Waals surface area contributed by atoms with Crippen molar-refractivity contribution in [2.75, 3.05) is 6.54 Å². The molecule has 2 rings (SSSR count). The molecule has 4 nitrogen and oxygen atoms in total. The molecule has 1 aliphatic rings. The summed E-state index contributed by atoms with van der Waals surface area (Å²) in [5.41, 5.74) is 6.83. The normalized spacial score (nSPS) is 18.1. The third-order valence-corrected chi connectivity index (χ3v) is 4.33. The maximum absolute atomic E-state index is 12.5. The van der Waals surface area contributed by atoms with Crippen molar-refractivity contribution >= 4 is 5.91 Å². The summed E-state index contributed by atoms with van der Waals surface area (Å²) in [5, 5.41) is 9.57. The van der Waals surface area contributed by atoms with Gasteiger partial charge >= 0.3 is 0 Å². The number of carbonyl (C=O) groups is 1. The second-order valence-electron chi connectivity index (χ2n) is 5.84. The monoisotopic (exact) mass is 276 g/mol. The Labute approximate surface area is 120 Å². The number of phenolic OH excluding ortho intramolecular Hbond substituents is 1. The molecule has 20 heavy (non-hydrogen) atoms. The summed E-state index contributed by atoms with van der Waals surface area (Å²) in [6.07, 6.45) is 3.43. The van der Waals surface area contributed by atoms with E-state index in [2.05, 4.69) is 0 Å². The number of benzene rings is 1. The lowest BCUT2D eigenvalue weighted by molar-refractivity contribution is -0.135. The van der Waals surface area contributed by atoms with Crippen molar-refractivity contribution in [3.05, 3.63) is 29.8 Å². The maximum Gasteiger partial charge on any atom is 0.224 e. The van der Waals surface area contributed by atoms with E-state index in [-0.39, 0.29) is 23.2 Å². The van der Waals surface area contributed by atoms with Gasteiger partial charge in [-0.3, -0.25) is 4.79 Å². The number of carbonyl (C=O) groups excluding carboxylic acids is 1. The minimum absolute atomic E-state index is 0.0525. The van der Waals surface area contributed by atoms with E-state index >= 15 is 0 Å². The van der Waals surface area contributed by atoms with Crippen molar-refractivity contribution in [1.82, 2.24) is 4.90 Å². The first kappa shape index (κ1) is 14.9. The van der Waals surface area contributed by atoms with Gasteiger partial charge in [-0.05, 0) is 50.8 Å². The maximum atomic E-state index is 12.5. The largest absolute Gasteiger partial charge is 0.508 e. The zero-order chi connectivity index (χ0) is 14.8. The molecule has 1 fully saturated rings. The van der Waals surface area contributed by atoms with E-state index in [4.69, 9.17) is 5.73 Å². The second kappa shape index (κ2) is 5.83. The van der Waals surface area contributed by atoms with Gasteiger partial charge in [-0.1, -0.05) is 12.1 Å². The fourth-order valence-corrected chi connectivity index (χ4v) is 2.84. The van der Waals surface area contributed by atoms with Crippen LogP contribution in [0, 0.1) is 0 Å². The Kier molecular flexibility index (Phi) is 4.33. The Morgan fingerprint density at radius 1 is 1.50 bits per heavy atom. The minimum atomic E-state index is -0.289. The van der Waals surface area contributed by atoms with E-state index in [0.29, 0.717) is 13.0 Å². The van der Waals surface area contributed by atoms with Crippen LogP contribution >= 0.6 is 0 Å². The first-order valence-electron chi connectivity index (χ1n) is 7.32. The highest BCUT2D eigenvalue weighted by Gasteiger charge is 2.36. The predicted octanol–water partition coefficient (Wildman–Crippen LogP) is 2.57. The number of hydrogen-bond acceptors (Lipinski definition) is 3. The highest BCUT2D eigenvalue weighted by Crippen LogP contribution is 2.34. The highest BCUT2D eigenvalue weighted by atomic mass is 16.3. The van der Waals surface area contributed by atoms with Crippen LogP contribution in [0.25, 0.3) is 0 Å². The number of phenols is 1. The van der Waals surface area contributed by atoms with Crippen LogP contribution in [0.5, 0.6) is 5.75 Å². The van der Waals surface area contributed by atoms with Crippen molar-refractivity contribution in [2.24, 2.45) is 5.73 Å². The lowest BCUT2D eigenvalue weighted by Gasteiger charge is -2.40. The fourth-order valence-electron chi connectivity index (χ4n) is 2.84. The van der Waals surface area contributed by atoms with Crippen molar-refractivity contribution < 1.29 is 9.90 Å². The zero-order valence-electron chi connectivity index (χ0n) is 12.3. The summed E-state index contributed by atoms with van der Waals surface area (Å²) in [4.78, 5) is 14.3. The minimum Gasteiger partial charge on any atom is -0.508 e. The zero-order valence-corrected chi connectivity index (χ0v) is 12.3. The standard InChI is InChI=1S/C16H24N2O2/c1-3-18(15(20)11-16(17)8-5-9-16)12(2)13-6-4-7-14(19)10-13/h4,6-7,10,12,19H,3,5,8-9,11,17H2,1-2H3. The van der Waals surface area contributed by atoms with Gasteiger partial charge in [0.25, 0.3) is 0 Å². The third-order valence-electron chi connectivity index (χ3n) is 4.33. The van der Waals surface area contributed by atoms with Crippen molar-refractivity contribution in [2.45, 2.75) is 51.1 Å². The summed E-state index contributed by atoms with van der Waals surface area (Å²) < 4.78 is 0. The number of nitrogens with zero attached hydrogens (tertiary/aromatic N) is 1. The van der Waals surface area contributed by atoms with E-state index in [0.717, 1.165) is 24.8 Å². The van der Waals surface area contributed by atoms with Gasteiger partial charge in [-0.15, -0.1) is 0 Å². The average Bonchev–Trinajstić information content (AvgIpc) is 2.37. The van der Waals surface area contributed by atoms with Crippen LogP contribution in [-0.2, 0) is 4.79 Å². The lowest BCUT2D eigenvalue weighted by atomic mass is 9.75. The summed E-state index contributed by atoms with van der Waals surface area (Å²) in [6.45, 7) is 4.60. The molecule has 0 aromatic heterocycles. The SMILES string of the molecule is CCN(C(=O)CC1(N)CCC1)C(C)c1cccc(O)c1. The van der Waals surface area contributed by atoms with Gasteiger partial charge in [0.05, 0.1) is 6.04 Å². The van der Waals surface area contributed by atoms with Crippen molar-refractivity contribution in [1.29, 1.82) is 0 Å². The Bertz CT molecular complexity index is 483. The van der Waals surface area contributed by atoms with Crippen LogP contribution in [0.4, 0.5) is 0 Å². The molecule has 1 saturated carbocycles. The fraction of sp³-hybridized carbons (Fsp3) is 0.562. The van der Waals surface area contributed by atoms with Gasteiger partial charge in [0, 0.05) is 18.5 Å². The molecular weight excluding hydrogens is 252 g/mol. The molecular formula is C16H24N2O2. The van der Waals surface area contributed by atoms with Crippen LogP contribution in [0.2, 0.25) is 0 Å². The van der Waals surface area contributed by atoms with E-state index in [9.17, 15) is 9.90 Å². The van der Waals surface area contributed by atoms with E-state index in [1.165, 1.54) is 0 Å². The van der Waals surface area contributed by atoms with Crippen molar-refractivity contribution in [3.8, 4) is 5.75 Å². The second-order valence-corrected chi connectivity index (χ2v) is 5.84. The van der Waals surface area contributed by atoms with E-state index in [1.807, 2.05) is 24.8 Å². The van der Waals surface area contributed by atoms with Crippen LogP contribution in [0.1, 0.15) is 51.1 Å².